The van der Waals surface area contributed by atoms with Crippen LogP contribution in [0.4, 0.5) is 5.82 Å². The van der Waals surface area contributed by atoms with E-state index in [0.29, 0.717) is 24.3 Å². The lowest BCUT2D eigenvalue weighted by Gasteiger charge is -2.23. The van der Waals surface area contributed by atoms with Crippen LogP contribution >= 0.6 is 0 Å². The molecule has 7 heteroatoms. The molecule has 1 aromatic carbocycles. The number of imidazole rings is 1. The number of nitrogens with zero attached hydrogens (tertiary/aromatic N) is 5. The van der Waals surface area contributed by atoms with Gasteiger partial charge in [0.1, 0.15) is 5.52 Å². The van der Waals surface area contributed by atoms with E-state index in [1.807, 2.05) is 36.7 Å². The van der Waals surface area contributed by atoms with E-state index in [1.54, 1.807) is 13.3 Å². The van der Waals surface area contributed by atoms with Crippen molar-refractivity contribution in [2.75, 3.05) is 12.4 Å². The van der Waals surface area contributed by atoms with E-state index >= 15 is 0 Å². The van der Waals surface area contributed by atoms with Crippen LogP contribution in [0.3, 0.4) is 0 Å². The molecule has 7 nitrogen and oxygen atoms in total. The van der Waals surface area contributed by atoms with Crippen LogP contribution in [-0.4, -0.2) is 31.6 Å². The Balaban J connectivity index is 1.56. The fourth-order valence-corrected chi connectivity index (χ4v) is 4.21. The summed E-state index contributed by atoms with van der Waals surface area (Å²) in [7, 11) is 1.61. The lowest BCUT2D eigenvalue weighted by Crippen LogP contribution is -2.13. The third-order valence-corrected chi connectivity index (χ3v) is 5.90. The Kier molecular flexibility index (Phi) is 5.48. The molecule has 0 spiro atoms. The van der Waals surface area contributed by atoms with Crippen LogP contribution in [0.1, 0.15) is 43.7 Å². The average molecular weight is 415 g/mol. The summed E-state index contributed by atoms with van der Waals surface area (Å²) in [6.45, 7) is 0.670. The maximum absolute atomic E-state index is 5.19. The Hall–Kier alpha value is -3.48. The van der Waals surface area contributed by atoms with Crippen molar-refractivity contribution >= 4 is 17.0 Å². The number of methoxy groups -OCH3 is 1. The molecule has 0 atom stereocenters. The van der Waals surface area contributed by atoms with Gasteiger partial charge in [0.15, 0.2) is 17.3 Å². The number of hydrogen-bond donors (Lipinski definition) is 1. The molecule has 1 N–H and O–H groups in total. The minimum Gasteiger partial charge on any atom is -0.481 e. The summed E-state index contributed by atoms with van der Waals surface area (Å²) in [5.74, 6) is 1.95. The Morgan fingerprint density at radius 3 is 2.58 bits per heavy atom. The predicted molar refractivity (Wildman–Crippen MR) is 121 cm³/mol. The number of benzene rings is 1. The number of pyridine rings is 1. The van der Waals surface area contributed by atoms with Crippen molar-refractivity contribution in [2.45, 2.75) is 44.7 Å². The van der Waals surface area contributed by atoms with Gasteiger partial charge in [-0.15, -0.1) is 0 Å². The van der Waals surface area contributed by atoms with Crippen LogP contribution in [0.5, 0.6) is 5.88 Å². The van der Waals surface area contributed by atoms with Crippen LogP contribution in [0.15, 0.2) is 55.0 Å². The number of ether oxygens (including phenoxy) is 1. The molecule has 3 heterocycles. The smallest absolute Gasteiger partial charge is 0.212 e. The molecule has 1 fully saturated rings. The molecule has 0 radical (unpaired) electrons. The van der Waals surface area contributed by atoms with Crippen molar-refractivity contribution in [1.29, 1.82) is 0 Å². The van der Waals surface area contributed by atoms with Gasteiger partial charge in [-0.2, -0.15) is 0 Å². The maximum Gasteiger partial charge on any atom is 0.212 e. The highest BCUT2D eigenvalue weighted by Crippen LogP contribution is 2.32. The van der Waals surface area contributed by atoms with E-state index in [-0.39, 0.29) is 0 Å². The summed E-state index contributed by atoms with van der Waals surface area (Å²) < 4.78 is 7.43. The summed E-state index contributed by atoms with van der Waals surface area (Å²) in [5.41, 5.74) is 3.73. The summed E-state index contributed by atoms with van der Waals surface area (Å²) in [5, 5.41) is 3.48. The molecule has 1 aliphatic carbocycles. The standard InChI is InChI=1S/C24H26N6O/c1-31-20-13-12-18(15-25-20)22-28-23(26-14-17-8-4-2-5-9-17)21-24(29-22)30(16-27-21)19-10-6-3-7-11-19/h2,4-5,8-9,12-13,15-16,19H,3,6-7,10-11,14H2,1H3,(H,26,28,29). The highest BCUT2D eigenvalue weighted by Gasteiger charge is 2.21. The monoisotopic (exact) mass is 414 g/mol. The topological polar surface area (TPSA) is 77.8 Å². The van der Waals surface area contributed by atoms with E-state index in [0.717, 1.165) is 22.5 Å². The van der Waals surface area contributed by atoms with Crippen molar-refractivity contribution in [3.63, 3.8) is 0 Å². The van der Waals surface area contributed by atoms with Crippen LogP contribution in [0.25, 0.3) is 22.6 Å². The summed E-state index contributed by atoms with van der Waals surface area (Å²) in [6.07, 6.45) is 9.84. The first kappa shape index (κ1) is 19.5. The summed E-state index contributed by atoms with van der Waals surface area (Å²) in [6, 6.07) is 14.5. The van der Waals surface area contributed by atoms with Gasteiger partial charge in [-0.1, -0.05) is 49.6 Å². The highest BCUT2D eigenvalue weighted by molar-refractivity contribution is 5.85. The molecule has 0 bridgehead atoms. The lowest BCUT2D eigenvalue weighted by molar-refractivity contribution is 0.358. The zero-order valence-corrected chi connectivity index (χ0v) is 17.7. The molecule has 4 aromatic rings. The summed E-state index contributed by atoms with van der Waals surface area (Å²) in [4.78, 5) is 18.8. The molecule has 5 rings (SSSR count). The van der Waals surface area contributed by atoms with E-state index in [9.17, 15) is 0 Å². The molecule has 1 aliphatic rings. The van der Waals surface area contributed by atoms with Crippen LogP contribution in [0, 0.1) is 0 Å². The Bertz CT molecular complexity index is 1150. The third kappa shape index (κ3) is 4.08. The first-order valence-corrected chi connectivity index (χ1v) is 10.8. The molecule has 0 aliphatic heterocycles. The quantitative estimate of drug-likeness (QED) is 0.478. The van der Waals surface area contributed by atoms with Gasteiger partial charge in [0.05, 0.1) is 13.4 Å². The largest absolute Gasteiger partial charge is 0.481 e. The number of hydrogen-bond acceptors (Lipinski definition) is 6. The predicted octanol–water partition coefficient (Wildman–Crippen LogP) is 5.01. The van der Waals surface area contributed by atoms with E-state index < -0.39 is 0 Å². The van der Waals surface area contributed by atoms with Crippen LogP contribution < -0.4 is 10.1 Å². The van der Waals surface area contributed by atoms with Gasteiger partial charge in [0, 0.05) is 30.4 Å². The highest BCUT2D eigenvalue weighted by atomic mass is 16.5. The lowest BCUT2D eigenvalue weighted by atomic mass is 9.95. The zero-order valence-electron chi connectivity index (χ0n) is 17.7. The number of anilines is 1. The fraction of sp³-hybridized carbons (Fsp3) is 0.333. The Morgan fingerprint density at radius 2 is 1.84 bits per heavy atom. The van der Waals surface area contributed by atoms with Gasteiger partial charge in [-0.3, -0.25) is 0 Å². The minimum atomic E-state index is 0.442. The van der Waals surface area contributed by atoms with Gasteiger partial charge >= 0.3 is 0 Å². The number of aromatic nitrogens is 5. The minimum absolute atomic E-state index is 0.442. The number of rotatable bonds is 6. The molecular formula is C24H26N6O. The van der Waals surface area contributed by atoms with Crippen molar-refractivity contribution in [3.8, 4) is 17.3 Å². The van der Waals surface area contributed by atoms with Crippen molar-refractivity contribution in [3.05, 3.63) is 60.6 Å². The molecule has 0 saturated heterocycles. The molecule has 158 valence electrons. The van der Waals surface area contributed by atoms with Crippen LogP contribution in [0.2, 0.25) is 0 Å². The molecule has 31 heavy (non-hydrogen) atoms. The maximum atomic E-state index is 5.19. The molecule has 0 unspecified atom stereocenters. The van der Waals surface area contributed by atoms with Gasteiger partial charge in [-0.25, -0.2) is 19.9 Å². The zero-order chi connectivity index (χ0) is 21.0. The molecule has 3 aromatic heterocycles. The Morgan fingerprint density at radius 1 is 1.00 bits per heavy atom. The van der Waals surface area contributed by atoms with E-state index in [4.69, 9.17) is 19.7 Å². The number of nitrogens with one attached hydrogen (secondary N) is 1. The second-order valence-electron chi connectivity index (χ2n) is 7.94. The molecule has 1 saturated carbocycles. The number of fused-ring (bicyclic) bond motifs is 1. The van der Waals surface area contributed by atoms with Gasteiger partial charge in [0.2, 0.25) is 5.88 Å². The summed E-state index contributed by atoms with van der Waals surface area (Å²) >= 11 is 0. The van der Waals surface area contributed by atoms with Crippen LogP contribution in [-0.2, 0) is 6.54 Å². The van der Waals surface area contributed by atoms with Crippen molar-refractivity contribution in [2.24, 2.45) is 0 Å². The van der Waals surface area contributed by atoms with Gasteiger partial charge < -0.3 is 14.6 Å². The van der Waals surface area contributed by atoms with E-state index in [1.165, 1.54) is 37.7 Å². The van der Waals surface area contributed by atoms with Gasteiger partial charge in [0.25, 0.3) is 0 Å². The second kappa shape index (κ2) is 8.71. The third-order valence-electron chi connectivity index (χ3n) is 5.90. The molecule has 0 amide bonds. The van der Waals surface area contributed by atoms with Crippen molar-refractivity contribution in [1.82, 2.24) is 24.5 Å². The average Bonchev–Trinajstić information content (AvgIpc) is 3.28. The SMILES string of the molecule is COc1ccc(-c2nc(NCc3ccccc3)c3ncn(C4CCCCC4)c3n2)cn1. The second-order valence-corrected chi connectivity index (χ2v) is 7.94. The normalized spacial score (nSPS) is 14.6. The fourth-order valence-electron chi connectivity index (χ4n) is 4.21. The van der Waals surface area contributed by atoms with Crippen molar-refractivity contribution < 1.29 is 4.74 Å². The first-order chi connectivity index (χ1) is 15.3. The molecular weight excluding hydrogens is 388 g/mol. The Labute approximate surface area is 181 Å². The van der Waals surface area contributed by atoms with Gasteiger partial charge in [-0.05, 0) is 24.5 Å². The van der Waals surface area contributed by atoms with E-state index in [2.05, 4.69) is 27.0 Å². The first-order valence-electron chi connectivity index (χ1n) is 10.8.